The standard InChI is InChI=1S/C14H21ClN2/c1-9-5-4-6-12(7-9)14-16-8-13(10(2)15)11(3)17-14/h8-10,12H,4-7H2,1-3H3. The highest BCUT2D eigenvalue weighted by Crippen LogP contribution is 2.34. The van der Waals surface area contributed by atoms with Crippen LogP contribution in [0.1, 0.15) is 67.9 Å². The van der Waals surface area contributed by atoms with Gasteiger partial charge in [-0.2, -0.15) is 0 Å². The van der Waals surface area contributed by atoms with Crippen LogP contribution in [0.4, 0.5) is 0 Å². The highest BCUT2D eigenvalue weighted by atomic mass is 35.5. The van der Waals surface area contributed by atoms with E-state index in [-0.39, 0.29) is 5.38 Å². The second kappa shape index (κ2) is 5.34. The highest BCUT2D eigenvalue weighted by molar-refractivity contribution is 6.20. The van der Waals surface area contributed by atoms with Gasteiger partial charge in [0.05, 0.1) is 5.38 Å². The molecule has 1 fully saturated rings. The van der Waals surface area contributed by atoms with Crippen LogP contribution in [-0.2, 0) is 0 Å². The Bertz CT molecular complexity index is 390. The topological polar surface area (TPSA) is 25.8 Å². The molecule has 3 atom stereocenters. The fraction of sp³-hybridized carbons (Fsp3) is 0.714. The molecule has 2 rings (SSSR count). The summed E-state index contributed by atoms with van der Waals surface area (Å²) >= 11 is 6.09. The van der Waals surface area contributed by atoms with E-state index in [1.807, 2.05) is 20.0 Å². The third-order valence-corrected chi connectivity index (χ3v) is 4.00. The van der Waals surface area contributed by atoms with E-state index in [4.69, 9.17) is 11.6 Å². The van der Waals surface area contributed by atoms with Crippen LogP contribution in [0.25, 0.3) is 0 Å². The van der Waals surface area contributed by atoms with Gasteiger partial charge in [0, 0.05) is 23.4 Å². The molecule has 3 heteroatoms. The van der Waals surface area contributed by atoms with Gasteiger partial charge in [0.15, 0.2) is 0 Å². The van der Waals surface area contributed by atoms with Crippen molar-refractivity contribution < 1.29 is 0 Å². The van der Waals surface area contributed by atoms with Crippen LogP contribution in [0.15, 0.2) is 6.20 Å². The lowest BCUT2D eigenvalue weighted by atomic mass is 9.82. The first kappa shape index (κ1) is 12.8. The summed E-state index contributed by atoms with van der Waals surface area (Å²) in [7, 11) is 0. The Balaban J connectivity index is 2.19. The molecule has 0 spiro atoms. The summed E-state index contributed by atoms with van der Waals surface area (Å²) in [6.07, 6.45) is 7.04. The summed E-state index contributed by atoms with van der Waals surface area (Å²) in [5.74, 6) is 2.39. The van der Waals surface area contributed by atoms with Crippen molar-refractivity contribution in [1.82, 2.24) is 9.97 Å². The quantitative estimate of drug-likeness (QED) is 0.730. The highest BCUT2D eigenvalue weighted by Gasteiger charge is 2.23. The molecule has 94 valence electrons. The van der Waals surface area contributed by atoms with Crippen LogP contribution in [0.2, 0.25) is 0 Å². The number of aromatic nitrogens is 2. The average Bonchev–Trinajstić information content (AvgIpc) is 2.28. The van der Waals surface area contributed by atoms with Gasteiger partial charge in [-0.3, -0.25) is 0 Å². The van der Waals surface area contributed by atoms with Gasteiger partial charge in [-0.15, -0.1) is 11.6 Å². The zero-order valence-corrected chi connectivity index (χ0v) is 11.7. The van der Waals surface area contributed by atoms with E-state index >= 15 is 0 Å². The maximum absolute atomic E-state index is 6.09. The number of aryl methyl sites for hydroxylation is 1. The first-order valence-corrected chi connectivity index (χ1v) is 6.99. The molecule has 1 heterocycles. The SMILES string of the molecule is Cc1nc(C2CCCC(C)C2)ncc1C(C)Cl. The summed E-state index contributed by atoms with van der Waals surface area (Å²) in [4.78, 5) is 9.18. The predicted octanol–water partition coefficient (Wildman–Crippen LogP) is 4.38. The minimum Gasteiger partial charge on any atom is -0.241 e. The zero-order chi connectivity index (χ0) is 12.4. The molecule has 0 aromatic carbocycles. The second-order valence-corrected chi connectivity index (χ2v) is 6.01. The van der Waals surface area contributed by atoms with Crippen molar-refractivity contribution in [2.24, 2.45) is 5.92 Å². The molecule has 1 aromatic rings. The van der Waals surface area contributed by atoms with Crippen LogP contribution in [-0.4, -0.2) is 9.97 Å². The molecular formula is C14H21ClN2. The molecule has 1 aliphatic carbocycles. The molecule has 17 heavy (non-hydrogen) atoms. The Morgan fingerprint density at radius 1 is 1.41 bits per heavy atom. The van der Waals surface area contributed by atoms with Crippen molar-refractivity contribution in [1.29, 1.82) is 0 Å². The molecule has 1 aliphatic rings. The van der Waals surface area contributed by atoms with Gasteiger partial charge in [0.25, 0.3) is 0 Å². The van der Waals surface area contributed by atoms with Crippen molar-refractivity contribution in [2.75, 3.05) is 0 Å². The maximum atomic E-state index is 6.09. The first-order valence-electron chi connectivity index (χ1n) is 6.55. The van der Waals surface area contributed by atoms with Crippen LogP contribution in [0.3, 0.4) is 0 Å². The third-order valence-electron chi connectivity index (χ3n) is 3.77. The molecule has 1 saturated carbocycles. The summed E-state index contributed by atoms with van der Waals surface area (Å²) in [5, 5.41) is -0.00525. The monoisotopic (exact) mass is 252 g/mol. The smallest absolute Gasteiger partial charge is 0.131 e. The van der Waals surface area contributed by atoms with Gasteiger partial charge in [-0.05, 0) is 32.6 Å². The lowest BCUT2D eigenvalue weighted by Crippen LogP contribution is -2.15. The number of hydrogen-bond donors (Lipinski definition) is 0. The van der Waals surface area contributed by atoms with Gasteiger partial charge in [0.1, 0.15) is 5.82 Å². The fourth-order valence-electron chi connectivity index (χ4n) is 2.75. The number of hydrogen-bond acceptors (Lipinski definition) is 2. The summed E-state index contributed by atoms with van der Waals surface area (Å²) in [6.45, 7) is 6.33. The molecule has 0 amide bonds. The number of nitrogens with zero attached hydrogens (tertiary/aromatic N) is 2. The number of halogens is 1. The molecule has 2 nitrogen and oxygen atoms in total. The summed E-state index contributed by atoms with van der Waals surface area (Å²) in [5.41, 5.74) is 2.09. The van der Waals surface area contributed by atoms with Crippen molar-refractivity contribution in [3.8, 4) is 0 Å². The van der Waals surface area contributed by atoms with E-state index in [1.54, 1.807) is 0 Å². The minimum atomic E-state index is -0.00525. The molecular weight excluding hydrogens is 232 g/mol. The van der Waals surface area contributed by atoms with E-state index in [2.05, 4.69) is 16.9 Å². The van der Waals surface area contributed by atoms with Crippen LogP contribution in [0, 0.1) is 12.8 Å². The van der Waals surface area contributed by atoms with E-state index in [0.29, 0.717) is 5.92 Å². The van der Waals surface area contributed by atoms with Crippen molar-refractivity contribution in [2.45, 2.75) is 57.7 Å². The van der Waals surface area contributed by atoms with Gasteiger partial charge < -0.3 is 0 Å². The Hall–Kier alpha value is -0.630. The van der Waals surface area contributed by atoms with Crippen LogP contribution in [0.5, 0.6) is 0 Å². The Morgan fingerprint density at radius 3 is 2.76 bits per heavy atom. The lowest BCUT2D eigenvalue weighted by Gasteiger charge is -2.25. The second-order valence-electron chi connectivity index (χ2n) is 5.35. The normalized spacial score (nSPS) is 26.8. The van der Waals surface area contributed by atoms with Gasteiger partial charge in [-0.25, -0.2) is 9.97 Å². The molecule has 0 N–H and O–H groups in total. The Morgan fingerprint density at radius 2 is 2.18 bits per heavy atom. The van der Waals surface area contributed by atoms with E-state index in [1.165, 1.54) is 25.7 Å². The Labute approximate surface area is 109 Å². The molecule has 0 radical (unpaired) electrons. The largest absolute Gasteiger partial charge is 0.241 e. The number of alkyl halides is 1. The van der Waals surface area contributed by atoms with E-state index in [0.717, 1.165) is 23.0 Å². The van der Waals surface area contributed by atoms with Crippen LogP contribution < -0.4 is 0 Å². The molecule has 3 unspecified atom stereocenters. The minimum absolute atomic E-state index is 0.00525. The van der Waals surface area contributed by atoms with Crippen LogP contribution >= 0.6 is 11.6 Å². The first-order chi connectivity index (χ1) is 8.08. The summed E-state index contributed by atoms with van der Waals surface area (Å²) < 4.78 is 0. The van der Waals surface area contributed by atoms with E-state index in [9.17, 15) is 0 Å². The zero-order valence-electron chi connectivity index (χ0n) is 10.9. The fourth-order valence-corrected chi connectivity index (χ4v) is 2.96. The number of rotatable bonds is 2. The van der Waals surface area contributed by atoms with Crippen molar-refractivity contribution >= 4 is 11.6 Å². The van der Waals surface area contributed by atoms with Gasteiger partial charge in [-0.1, -0.05) is 19.8 Å². The maximum Gasteiger partial charge on any atom is 0.131 e. The third kappa shape index (κ3) is 2.98. The average molecular weight is 253 g/mol. The van der Waals surface area contributed by atoms with Crippen molar-refractivity contribution in [3.63, 3.8) is 0 Å². The van der Waals surface area contributed by atoms with E-state index < -0.39 is 0 Å². The Kier molecular flexibility index (Phi) is 4.03. The molecule has 1 aromatic heterocycles. The summed E-state index contributed by atoms with van der Waals surface area (Å²) in [6, 6.07) is 0. The molecule has 0 saturated heterocycles. The predicted molar refractivity (Wildman–Crippen MR) is 71.4 cm³/mol. The van der Waals surface area contributed by atoms with Crippen molar-refractivity contribution in [3.05, 3.63) is 23.3 Å². The molecule has 0 aliphatic heterocycles. The van der Waals surface area contributed by atoms with Gasteiger partial charge in [0.2, 0.25) is 0 Å². The molecule has 0 bridgehead atoms. The lowest BCUT2D eigenvalue weighted by molar-refractivity contribution is 0.334. The van der Waals surface area contributed by atoms with Gasteiger partial charge >= 0.3 is 0 Å².